The van der Waals surface area contributed by atoms with E-state index in [9.17, 15) is 24.1 Å². The van der Waals surface area contributed by atoms with Gasteiger partial charge in [0, 0.05) is 13.1 Å². The Morgan fingerprint density at radius 2 is 1.88 bits per heavy atom. The van der Waals surface area contributed by atoms with Gasteiger partial charge in [-0.3, -0.25) is 14.5 Å². The predicted molar refractivity (Wildman–Crippen MR) is 116 cm³/mol. The standard InChI is InChI=1S/C21H30N3O7P/c1-15(22-32(29,30)31)19(26)24-13-5-9-17(24)18(25)21(20(27)28)11-6-12-23(21)14-10-16-7-3-2-4-8-16/h2-4,7-8,15,17H,5-6,9-14H2,1H3,(H,27,28)(H3,22,29,30,31)/t15-,17-,21+/m0/s1. The molecule has 2 heterocycles. The van der Waals surface area contributed by atoms with Crippen LogP contribution in [0, 0.1) is 0 Å². The number of aliphatic carboxylic acids is 1. The predicted octanol–water partition coefficient (Wildman–Crippen LogP) is 0.779. The fourth-order valence-corrected chi connectivity index (χ4v) is 5.46. The molecule has 1 aromatic rings. The van der Waals surface area contributed by atoms with Crippen LogP contribution in [-0.2, 0) is 25.4 Å². The second kappa shape index (κ2) is 9.80. The van der Waals surface area contributed by atoms with Crippen molar-refractivity contribution in [3.63, 3.8) is 0 Å². The summed E-state index contributed by atoms with van der Waals surface area (Å²) in [5.41, 5.74) is -0.663. The molecular formula is C21H30N3O7P. The molecule has 2 saturated heterocycles. The number of likely N-dealkylation sites (tertiary alicyclic amines) is 2. The highest BCUT2D eigenvalue weighted by molar-refractivity contribution is 7.49. The van der Waals surface area contributed by atoms with Gasteiger partial charge in [-0.05, 0) is 51.1 Å². The lowest BCUT2D eigenvalue weighted by Gasteiger charge is -2.37. The van der Waals surface area contributed by atoms with Crippen LogP contribution < -0.4 is 5.09 Å². The van der Waals surface area contributed by atoms with Crippen molar-refractivity contribution in [3.05, 3.63) is 35.9 Å². The summed E-state index contributed by atoms with van der Waals surface area (Å²) in [5.74, 6) is -2.36. The molecule has 0 saturated carbocycles. The van der Waals surface area contributed by atoms with Crippen LogP contribution in [0.3, 0.4) is 0 Å². The molecular weight excluding hydrogens is 437 g/mol. The molecule has 2 fully saturated rings. The van der Waals surface area contributed by atoms with E-state index in [2.05, 4.69) is 0 Å². The van der Waals surface area contributed by atoms with Crippen molar-refractivity contribution in [3.8, 4) is 0 Å². The maximum Gasteiger partial charge on any atom is 0.401 e. The van der Waals surface area contributed by atoms with Crippen molar-refractivity contribution in [2.75, 3.05) is 19.6 Å². The van der Waals surface area contributed by atoms with E-state index in [4.69, 9.17) is 9.79 Å². The lowest BCUT2D eigenvalue weighted by molar-refractivity contribution is -0.159. The van der Waals surface area contributed by atoms with Gasteiger partial charge in [0.1, 0.15) is 0 Å². The number of benzene rings is 1. The van der Waals surface area contributed by atoms with Crippen molar-refractivity contribution in [2.24, 2.45) is 0 Å². The lowest BCUT2D eigenvalue weighted by Crippen LogP contribution is -2.62. The molecule has 1 amide bonds. The summed E-state index contributed by atoms with van der Waals surface area (Å²) in [6.45, 7) is 2.43. The second-order valence-corrected chi connectivity index (χ2v) is 9.79. The summed E-state index contributed by atoms with van der Waals surface area (Å²) in [4.78, 5) is 60.1. The molecule has 3 rings (SSSR count). The summed E-state index contributed by atoms with van der Waals surface area (Å²) < 4.78 is 11.2. The Morgan fingerprint density at radius 1 is 1.19 bits per heavy atom. The molecule has 0 aliphatic carbocycles. The van der Waals surface area contributed by atoms with Crippen LogP contribution in [0.4, 0.5) is 0 Å². The molecule has 0 radical (unpaired) electrons. The molecule has 2 aliphatic heterocycles. The molecule has 2 aliphatic rings. The minimum Gasteiger partial charge on any atom is -0.480 e. The van der Waals surface area contributed by atoms with Gasteiger partial charge < -0.3 is 19.8 Å². The zero-order valence-corrected chi connectivity index (χ0v) is 18.9. The summed E-state index contributed by atoms with van der Waals surface area (Å²) in [6, 6.07) is 7.48. The zero-order valence-electron chi connectivity index (χ0n) is 18.0. The quantitative estimate of drug-likeness (QED) is 0.305. The molecule has 0 unspecified atom stereocenters. The number of carbonyl (C=O) groups excluding carboxylic acids is 2. The summed E-state index contributed by atoms with van der Waals surface area (Å²) in [5, 5.41) is 12.1. The van der Waals surface area contributed by atoms with Crippen molar-refractivity contribution >= 4 is 25.4 Å². The first-order valence-electron chi connectivity index (χ1n) is 10.8. The van der Waals surface area contributed by atoms with Gasteiger partial charge in [-0.2, -0.15) is 0 Å². The van der Waals surface area contributed by atoms with Gasteiger partial charge in [-0.15, -0.1) is 0 Å². The molecule has 0 spiro atoms. The number of rotatable bonds is 9. The Labute approximate surface area is 186 Å². The van der Waals surface area contributed by atoms with Gasteiger partial charge in [0.15, 0.2) is 11.3 Å². The fourth-order valence-electron chi connectivity index (χ4n) is 4.85. The van der Waals surface area contributed by atoms with Crippen LogP contribution in [0.25, 0.3) is 0 Å². The maximum atomic E-state index is 13.7. The number of ketones is 1. The smallest absolute Gasteiger partial charge is 0.401 e. The Hall–Kier alpha value is -2.10. The largest absolute Gasteiger partial charge is 0.480 e. The van der Waals surface area contributed by atoms with E-state index >= 15 is 0 Å². The molecule has 10 nitrogen and oxygen atoms in total. The van der Waals surface area contributed by atoms with E-state index in [1.807, 2.05) is 35.4 Å². The number of carbonyl (C=O) groups is 3. The molecule has 1 aromatic carbocycles. The molecule has 3 atom stereocenters. The topological polar surface area (TPSA) is 147 Å². The second-order valence-electron chi connectivity index (χ2n) is 8.44. The van der Waals surface area contributed by atoms with Crippen LogP contribution in [-0.4, -0.2) is 79.6 Å². The Balaban J connectivity index is 1.80. The highest BCUT2D eigenvalue weighted by Crippen LogP contribution is 2.36. The van der Waals surface area contributed by atoms with E-state index in [1.54, 1.807) is 4.90 Å². The lowest BCUT2D eigenvalue weighted by atomic mass is 9.85. The molecule has 11 heteroatoms. The zero-order chi connectivity index (χ0) is 23.5. The number of hydrogen-bond donors (Lipinski definition) is 4. The monoisotopic (exact) mass is 467 g/mol. The van der Waals surface area contributed by atoms with Gasteiger partial charge in [0.2, 0.25) is 5.91 Å². The van der Waals surface area contributed by atoms with Crippen LogP contribution in [0.5, 0.6) is 0 Å². The number of Topliss-reactive ketones (excluding diaryl/α,β-unsaturated/α-hetero) is 1. The first kappa shape index (κ1) is 24.5. The van der Waals surface area contributed by atoms with E-state index < -0.39 is 43.0 Å². The number of carboxylic acid groups (broad SMARTS) is 1. The normalized spacial score (nSPS) is 25.1. The van der Waals surface area contributed by atoms with Crippen LogP contribution >= 0.6 is 7.75 Å². The van der Waals surface area contributed by atoms with Gasteiger partial charge in [-0.25, -0.2) is 14.4 Å². The number of nitrogens with one attached hydrogen (secondary N) is 1. The maximum absolute atomic E-state index is 13.7. The minimum absolute atomic E-state index is 0.171. The third-order valence-electron chi connectivity index (χ3n) is 6.35. The van der Waals surface area contributed by atoms with Crippen molar-refractivity contribution in [2.45, 2.75) is 56.7 Å². The number of carboxylic acids is 1. The van der Waals surface area contributed by atoms with E-state index in [0.29, 0.717) is 38.8 Å². The molecule has 176 valence electrons. The molecule has 0 aromatic heterocycles. The number of amides is 1. The molecule has 0 bridgehead atoms. The number of hydrogen-bond acceptors (Lipinski definition) is 5. The van der Waals surface area contributed by atoms with Crippen LogP contribution in [0.2, 0.25) is 0 Å². The van der Waals surface area contributed by atoms with E-state index in [1.165, 1.54) is 11.8 Å². The SMILES string of the molecule is C[C@H](NP(=O)(O)O)C(=O)N1CCC[C@H]1C(=O)[C@@]1(C(=O)O)CCCN1CCc1ccccc1. The summed E-state index contributed by atoms with van der Waals surface area (Å²) in [7, 11) is -4.64. The van der Waals surface area contributed by atoms with Crippen molar-refractivity contribution in [1.82, 2.24) is 14.9 Å². The van der Waals surface area contributed by atoms with E-state index in [0.717, 1.165) is 5.56 Å². The fraction of sp³-hybridized carbons (Fsp3) is 0.571. The molecule has 32 heavy (non-hydrogen) atoms. The first-order chi connectivity index (χ1) is 15.1. The third-order valence-corrected chi connectivity index (χ3v) is 7.08. The highest BCUT2D eigenvalue weighted by atomic mass is 31.2. The van der Waals surface area contributed by atoms with Crippen molar-refractivity contribution < 1.29 is 33.8 Å². The highest BCUT2D eigenvalue weighted by Gasteiger charge is 2.57. The Kier molecular flexibility index (Phi) is 7.52. The number of nitrogens with zero attached hydrogens (tertiary/aromatic N) is 2. The third kappa shape index (κ3) is 5.10. The van der Waals surface area contributed by atoms with Crippen LogP contribution in [0.1, 0.15) is 38.2 Å². The van der Waals surface area contributed by atoms with Gasteiger partial charge in [0.05, 0.1) is 12.1 Å². The van der Waals surface area contributed by atoms with Gasteiger partial charge in [0.25, 0.3) is 0 Å². The Morgan fingerprint density at radius 3 is 2.50 bits per heavy atom. The first-order valence-corrected chi connectivity index (χ1v) is 12.4. The van der Waals surface area contributed by atoms with E-state index in [-0.39, 0.29) is 13.0 Å². The summed E-state index contributed by atoms with van der Waals surface area (Å²) >= 11 is 0. The summed E-state index contributed by atoms with van der Waals surface area (Å²) in [6.07, 6.45) is 2.17. The van der Waals surface area contributed by atoms with Crippen molar-refractivity contribution in [1.29, 1.82) is 0 Å². The molecule has 4 N–H and O–H groups in total. The van der Waals surface area contributed by atoms with Crippen LogP contribution in [0.15, 0.2) is 30.3 Å². The average Bonchev–Trinajstić information content (AvgIpc) is 3.38. The van der Waals surface area contributed by atoms with Gasteiger partial charge in [-0.1, -0.05) is 30.3 Å². The Bertz CT molecular complexity index is 906. The van der Waals surface area contributed by atoms with Gasteiger partial charge >= 0.3 is 13.7 Å². The average molecular weight is 467 g/mol. The minimum atomic E-state index is -4.64.